The Hall–Kier alpha value is -1.05. The maximum atomic E-state index is 6.97. The summed E-state index contributed by atoms with van der Waals surface area (Å²) in [5.74, 6) is 0. The number of fused-ring (bicyclic) bond motifs is 1. The van der Waals surface area contributed by atoms with Crippen molar-refractivity contribution >= 4 is 24.7 Å². The Kier molecular flexibility index (Phi) is 4.11. The molecule has 0 bridgehead atoms. The van der Waals surface area contributed by atoms with Crippen LogP contribution in [-0.2, 0) is 14.5 Å². The van der Waals surface area contributed by atoms with E-state index in [4.69, 9.17) is 18.6 Å². The first-order chi connectivity index (χ1) is 11.2. The minimum absolute atomic E-state index is 0.170. The van der Waals surface area contributed by atoms with Crippen LogP contribution in [0, 0.1) is 0 Å². The summed E-state index contributed by atoms with van der Waals surface area (Å²) in [5, 5.41) is 0. The van der Waals surface area contributed by atoms with E-state index in [0.29, 0.717) is 0 Å². The predicted octanol–water partition coefficient (Wildman–Crippen LogP) is 6.73. The van der Waals surface area contributed by atoms with Gasteiger partial charge in [-0.25, -0.2) is 0 Å². The van der Waals surface area contributed by atoms with E-state index in [-0.39, 0.29) is 4.22 Å². The van der Waals surface area contributed by atoms with Crippen LogP contribution in [-0.4, -0.2) is 0 Å². The minimum atomic E-state index is -3.13. The van der Waals surface area contributed by atoms with Crippen LogP contribution in [0.5, 0.6) is 0 Å². The van der Waals surface area contributed by atoms with E-state index in [1.165, 1.54) is 26.1 Å². The number of hydrogen-bond acceptors (Lipinski definition) is 0. The van der Waals surface area contributed by atoms with Crippen LogP contribution >= 0.6 is 18.6 Å². The Morgan fingerprint density at radius 1 is 0.957 bits per heavy atom. The Bertz CT molecular complexity index is 832. The van der Waals surface area contributed by atoms with Crippen molar-refractivity contribution in [1.82, 2.24) is 0 Å². The van der Waals surface area contributed by atoms with E-state index < -0.39 is 14.5 Å². The number of allylic oxidation sites excluding steroid dienone is 5. The summed E-state index contributed by atoms with van der Waals surface area (Å²) < 4.78 is 1.42. The van der Waals surface area contributed by atoms with Gasteiger partial charge in [-0.3, -0.25) is 0 Å². The van der Waals surface area contributed by atoms with E-state index >= 15 is 0 Å². The fourth-order valence-corrected chi connectivity index (χ4v) is 9.40. The van der Waals surface area contributed by atoms with Crippen LogP contribution < -0.4 is 0 Å². The Labute approximate surface area is 148 Å². The molecule has 2 aliphatic carbocycles. The van der Waals surface area contributed by atoms with Crippen LogP contribution in [0.3, 0.4) is 0 Å². The van der Waals surface area contributed by atoms with Gasteiger partial charge in [-0.05, 0) is 0 Å². The summed E-state index contributed by atoms with van der Waals surface area (Å²) in [6.45, 7) is 0. The molecule has 2 aromatic carbocycles. The monoisotopic (exact) mass is 374 g/mol. The second kappa shape index (κ2) is 6.11. The molecule has 0 spiro atoms. The molecule has 0 fully saturated rings. The molecule has 2 aliphatic rings. The molecule has 23 heavy (non-hydrogen) atoms. The molecule has 0 heterocycles. The van der Waals surface area contributed by atoms with Crippen molar-refractivity contribution in [3.8, 4) is 11.1 Å². The normalized spacial score (nSPS) is 19.0. The van der Waals surface area contributed by atoms with Gasteiger partial charge in [-0.2, -0.15) is 0 Å². The molecule has 0 saturated carbocycles. The van der Waals surface area contributed by atoms with Crippen molar-refractivity contribution in [3.63, 3.8) is 0 Å². The van der Waals surface area contributed by atoms with Crippen molar-refractivity contribution in [3.05, 3.63) is 87.8 Å². The first kappa shape index (κ1) is 15.5. The van der Waals surface area contributed by atoms with Crippen LogP contribution in [0.4, 0.5) is 0 Å². The average molecular weight is 375 g/mol. The van der Waals surface area contributed by atoms with Crippen LogP contribution in [0.2, 0.25) is 0 Å². The van der Waals surface area contributed by atoms with E-state index in [0.717, 1.165) is 6.42 Å². The second-order valence-electron chi connectivity index (χ2n) is 5.96. The number of rotatable bonds is 3. The van der Waals surface area contributed by atoms with Crippen molar-refractivity contribution in [2.75, 3.05) is 0 Å². The van der Waals surface area contributed by atoms with E-state index in [9.17, 15) is 0 Å². The van der Waals surface area contributed by atoms with Gasteiger partial charge >= 0.3 is 149 Å². The second-order valence-corrected chi connectivity index (χ2v) is 15.6. The Balaban J connectivity index is 1.78. The summed E-state index contributed by atoms with van der Waals surface area (Å²) in [5.41, 5.74) is 5.04. The third-order valence-electron chi connectivity index (χ3n) is 4.61. The zero-order valence-electron chi connectivity index (χ0n) is 12.5. The molecule has 114 valence electrons. The summed E-state index contributed by atoms with van der Waals surface area (Å²) in [6.07, 6.45) is 11.7. The fraction of sp³-hybridized carbons (Fsp3) is 0.100. The van der Waals surface area contributed by atoms with Crippen molar-refractivity contribution in [2.24, 2.45) is 0 Å². The summed E-state index contributed by atoms with van der Waals surface area (Å²) >= 11 is -3.13. The molecule has 0 aromatic heterocycles. The molecular weight excluding hydrogens is 359 g/mol. The van der Waals surface area contributed by atoms with Gasteiger partial charge in [0.2, 0.25) is 0 Å². The summed E-state index contributed by atoms with van der Waals surface area (Å²) in [6, 6.07) is 17.0. The first-order valence-corrected chi connectivity index (χ1v) is 13.8. The van der Waals surface area contributed by atoms with E-state index in [1.807, 2.05) is 6.07 Å². The zero-order valence-corrected chi connectivity index (χ0v) is 15.6. The van der Waals surface area contributed by atoms with Crippen LogP contribution in [0.1, 0.15) is 21.8 Å². The Morgan fingerprint density at radius 3 is 2.52 bits per heavy atom. The molecular formula is C20H16Cl2Ti. The molecule has 1 atom stereocenters. The molecule has 0 radical (unpaired) electrons. The number of benzene rings is 2. The first-order valence-electron chi connectivity index (χ1n) is 7.78. The molecule has 2 aromatic rings. The van der Waals surface area contributed by atoms with E-state index in [2.05, 4.69) is 72.8 Å². The summed E-state index contributed by atoms with van der Waals surface area (Å²) in [4.78, 5) is 0. The third kappa shape index (κ3) is 2.68. The molecule has 4 rings (SSSR count). The van der Waals surface area contributed by atoms with Gasteiger partial charge in [0, 0.05) is 0 Å². The van der Waals surface area contributed by atoms with Crippen molar-refractivity contribution in [2.45, 2.75) is 10.6 Å². The zero-order chi connectivity index (χ0) is 15.9. The molecule has 0 amide bonds. The van der Waals surface area contributed by atoms with Gasteiger partial charge < -0.3 is 0 Å². The Morgan fingerprint density at radius 2 is 1.78 bits per heavy atom. The van der Waals surface area contributed by atoms with E-state index in [1.54, 1.807) is 0 Å². The van der Waals surface area contributed by atoms with Gasteiger partial charge in [0.25, 0.3) is 0 Å². The van der Waals surface area contributed by atoms with Gasteiger partial charge in [-0.1, -0.05) is 0 Å². The molecule has 0 aliphatic heterocycles. The van der Waals surface area contributed by atoms with Crippen molar-refractivity contribution < 1.29 is 14.5 Å². The van der Waals surface area contributed by atoms with Gasteiger partial charge in [0.15, 0.2) is 0 Å². The number of hydrogen-bond donors (Lipinski definition) is 0. The fourth-order valence-electron chi connectivity index (χ4n) is 3.42. The molecule has 0 nitrogen and oxygen atoms in total. The molecule has 0 N–H and O–H groups in total. The molecule has 0 saturated heterocycles. The SMILES string of the molecule is [Cl][Ti]([Cl])([C]1=CC=CC1)[CH]1C=Cc2c(-c3ccccc3)cccc21. The molecule has 1 unspecified atom stereocenters. The molecule has 3 heteroatoms. The summed E-state index contributed by atoms with van der Waals surface area (Å²) in [7, 11) is 13.9. The van der Waals surface area contributed by atoms with Gasteiger partial charge in [0.1, 0.15) is 0 Å². The number of halogens is 2. The topological polar surface area (TPSA) is 0 Å². The maximum absolute atomic E-state index is 6.97. The third-order valence-corrected chi connectivity index (χ3v) is 12.5. The van der Waals surface area contributed by atoms with Crippen LogP contribution in [0.15, 0.2) is 76.7 Å². The van der Waals surface area contributed by atoms with Crippen LogP contribution in [0.25, 0.3) is 17.2 Å². The average Bonchev–Trinajstić information content (AvgIpc) is 3.25. The van der Waals surface area contributed by atoms with Gasteiger partial charge in [0.05, 0.1) is 0 Å². The quantitative estimate of drug-likeness (QED) is 0.522. The van der Waals surface area contributed by atoms with Gasteiger partial charge in [-0.15, -0.1) is 0 Å². The predicted molar refractivity (Wildman–Crippen MR) is 97.2 cm³/mol. The standard InChI is InChI=1S/C15H11.C5H5.2ClH.Ti/c1-2-6-12(7-3-1)14-10-4-8-13-9-5-11-15(13)14;1-2-4-5-3-1;;;/h1-11H;1-3H,4H2;2*1H;/q;;;;+2/p-2. The van der Waals surface area contributed by atoms with Crippen molar-refractivity contribution in [1.29, 1.82) is 0 Å².